The zero-order valence-corrected chi connectivity index (χ0v) is 16.1. The molecule has 0 aromatic heterocycles. The van der Waals surface area contributed by atoms with Gasteiger partial charge in [0.15, 0.2) is 0 Å². The number of benzene rings is 2. The first-order valence-corrected chi connectivity index (χ1v) is 9.67. The molecule has 0 radical (unpaired) electrons. The van der Waals surface area contributed by atoms with Crippen molar-refractivity contribution in [3.05, 3.63) is 54.6 Å². The molecule has 1 heterocycles. The number of carbonyl (C=O) groups is 2. The smallest absolute Gasteiger partial charge is 0.241 e. The zero-order valence-electron chi connectivity index (χ0n) is 16.1. The number of nitrogens with two attached hydrogens (primary N) is 1. The summed E-state index contributed by atoms with van der Waals surface area (Å²) < 4.78 is 5.76. The van der Waals surface area contributed by atoms with Crippen LogP contribution in [0.15, 0.2) is 54.6 Å². The topological polar surface area (TPSA) is 84.7 Å². The van der Waals surface area contributed by atoms with Gasteiger partial charge in [-0.05, 0) is 75.2 Å². The third kappa shape index (κ3) is 5.57. The van der Waals surface area contributed by atoms with Crippen LogP contribution in [-0.4, -0.2) is 35.8 Å². The summed E-state index contributed by atoms with van der Waals surface area (Å²) in [7, 11) is 0. The summed E-state index contributed by atoms with van der Waals surface area (Å²) in [5.74, 6) is 1.54. The minimum Gasteiger partial charge on any atom is -0.457 e. The number of nitrogens with one attached hydrogen (secondary N) is 1. The molecule has 1 aliphatic heterocycles. The Morgan fingerprint density at radius 1 is 1.07 bits per heavy atom. The van der Waals surface area contributed by atoms with Crippen molar-refractivity contribution in [1.82, 2.24) is 4.90 Å². The molecule has 2 aromatic rings. The van der Waals surface area contributed by atoms with Crippen LogP contribution >= 0.6 is 0 Å². The van der Waals surface area contributed by atoms with Gasteiger partial charge in [0.1, 0.15) is 11.5 Å². The van der Waals surface area contributed by atoms with Gasteiger partial charge >= 0.3 is 0 Å². The summed E-state index contributed by atoms with van der Waals surface area (Å²) >= 11 is 0. The van der Waals surface area contributed by atoms with E-state index >= 15 is 0 Å². The lowest BCUT2D eigenvalue weighted by atomic mass is 9.92. The van der Waals surface area contributed by atoms with Gasteiger partial charge in [-0.1, -0.05) is 18.2 Å². The highest BCUT2D eigenvalue weighted by Crippen LogP contribution is 2.24. The maximum absolute atomic E-state index is 12.6. The van der Waals surface area contributed by atoms with Crippen LogP contribution < -0.4 is 15.8 Å². The second kappa shape index (κ2) is 9.37. The van der Waals surface area contributed by atoms with Crippen molar-refractivity contribution in [2.45, 2.75) is 32.2 Å². The summed E-state index contributed by atoms with van der Waals surface area (Å²) in [5.41, 5.74) is 6.02. The molecule has 0 bridgehead atoms. The number of nitrogens with zero attached hydrogens (tertiary/aromatic N) is 1. The van der Waals surface area contributed by atoms with E-state index in [1.165, 1.54) is 0 Å². The van der Waals surface area contributed by atoms with Crippen molar-refractivity contribution in [2.75, 3.05) is 18.4 Å². The summed E-state index contributed by atoms with van der Waals surface area (Å²) in [4.78, 5) is 25.8. The van der Waals surface area contributed by atoms with Gasteiger partial charge in [0.25, 0.3) is 0 Å². The Hall–Kier alpha value is -2.86. The highest BCUT2D eigenvalue weighted by Gasteiger charge is 2.27. The molecule has 1 saturated heterocycles. The van der Waals surface area contributed by atoms with Gasteiger partial charge < -0.3 is 15.8 Å². The fourth-order valence-electron chi connectivity index (χ4n) is 3.47. The van der Waals surface area contributed by atoms with Crippen molar-refractivity contribution in [3.8, 4) is 11.5 Å². The van der Waals surface area contributed by atoms with Crippen LogP contribution in [0.1, 0.15) is 26.2 Å². The molecule has 0 spiro atoms. The van der Waals surface area contributed by atoms with E-state index in [4.69, 9.17) is 10.5 Å². The minimum absolute atomic E-state index is 0.0370. The molecule has 3 rings (SSSR count). The summed E-state index contributed by atoms with van der Waals surface area (Å²) in [5, 5.41) is 2.96. The van der Waals surface area contributed by atoms with E-state index in [1.54, 1.807) is 0 Å². The van der Waals surface area contributed by atoms with Crippen LogP contribution in [0.4, 0.5) is 5.69 Å². The SMILES string of the molecule is CC(C(=O)Nc1ccc(Oc2ccccc2)cc1)N1CCC(CC(N)=O)CC1. The fourth-order valence-corrected chi connectivity index (χ4v) is 3.47. The van der Waals surface area contributed by atoms with Gasteiger partial charge in [-0.15, -0.1) is 0 Å². The fraction of sp³-hybridized carbons (Fsp3) is 0.364. The number of piperidine rings is 1. The van der Waals surface area contributed by atoms with Crippen LogP contribution in [0.25, 0.3) is 0 Å². The number of primary amides is 1. The van der Waals surface area contributed by atoms with Gasteiger partial charge in [0.2, 0.25) is 11.8 Å². The predicted molar refractivity (Wildman–Crippen MR) is 109 cm³/mol. The maximum Gasteiger partial charge on any atom is 0.241 e. The van der Waals surface area contributed by atoms with Crippen molar-refractivity contribution in [1.29, 1.82) is 0 Å². The van der Waals surface area contributed by atoms with Crippen LogP contribution in [0.3, 0.4) is 0 Å². The van der Waals surface area contributed by atoms with Gasteiger partial charge in [0.05, 0.1) is 6.04 Å². The average Bonchev–Trinajstić information content (AvgIpc) is 2.70. The van der Waals surface area contributed by atoms with E-state index in [9.17, 15) is 9.59 Å². The molecular formula is C22H27N3O3. The molecule has 1 unspecified atom stereocenters. The molecular weight excluding hydrogens is 354 g/mol. The Morgan fingerprint density at radius 2 is 1.68 bits per heavy atom. The normalized spacial score (nSPS) is 16.3. The average molecular weight is 381 g/mol. The third-order valence-electron chi connectivity index (χ3n) is 5.17. The number of rotatable bonds is 7. The van der Waals surface area contributed by atoms with E-state index in [-0.39, 0.29) is 17.9 Å². The monoisotopic (exact) mass is 381 g/mol. The first-order valence-electron chi connectivity index (χ1n) is 9.67. The number of para-hydroxylation sites is 1. The molecule has 1 fully saturated rings. The molecule has 2 amide bonds. The molecule has 148 valence electrons. The van der Waals surface area contributed by atoms with Gasteiger partial charge in [-0.2, -0.15) is 0 Å². The van der Waals surface area contributed by atoms with E-state index in [0.717, 1.165) is 37.4 Å². The largest absolute Gasteiger partial charge is 0.457 e. The second-order valence-corrected chi connectivity index (χ2v) is 7.25. The van der Waals surface area contributed by atoms with Crippen molar-refractivity contribution in [3.63, 3.8) is 0 Å². The molecule has 1 atom stereocenters. The highest BCUT2D eigenvalue weighted by atomic mass is 16.5. The van der Waals surface area contributed by atoms with Gasteiger partial charge in [-0.3, -0.25) is 14.5 Å². The number of likely N-dealkylation sites (tertiary alicyclic amines) is 1. The van der Waals surface area contributed by atoms with Crippen LogP contribution in [0, 0.1) is 5.92 Å². The molecule has 6 heteroatoms. The Labute approximate surface area is 165 Å². The van der Waals surface area contributed by atoms with Crippen molar-refractivity contribution >= 4 is 17.5 Å². The number of ether oxygens (including phenoxy) is 1. The molecule has 3 N–H and O–H groups in total. The van der Waals surface area contributed by atoms with Gasteiger partial charge in [-0.25, -0.2) is 0 Å². The maximum atomic E-state index is 12.6. The predicted octanol–water partition coefficient (Wildman–Crippen LogP) is 3.39. The third-order valence-corrected chi connectivity index (χ3v) is 5.17. The molecule has 0 aliphatic carbocycles. The summed E-state index contributed by atoms with van der Waals surface area (Å²) in [6.45, 7) is 3.52. The zero-order chi connectivity index (χ0) is 19.9. The Balaban J connectivity index is 1.49. The van der Waals surface area contributed by atoms with Crippen molar-refractivity contribution < 1.29 is 14.3 Å². The molecule has 0 saturated carbocycles. The Bertz CT molecular complexity index is 784. The van der Waals surface area contributed by atoms with Crippen LogP contribution in [0.5, 0.6) is 11.5 Å². The van der Waals surface area contributed by atoms with E-state index < -0.39 is 0 Å². The van der Waals surface area contributed by atoms with E-state index in [1.807, 2.05) is 61.5 Å². The molecule has 2 aromatic carbocycles. The minimum atomic E-state index is -0.246. The standard InChI is InChI=1S/C22H27N3O3/c1-16(25-13-11-17(12-14-25)15-21(23)26)22(27)24-18-7-9-20(10-8-18)28-19-5-3-2-4-6-19/h2-10,16-17H,11-15H2,1H3,(H2,23,26)(H,24,27). The van der Waals surface area contributed by atoms with Crippen LogP contribution in [-0.2, 0) is 9.59 Å². The van der Waals surface area contributed by atoms with Crippen molar-refractivity contribution in [2.24, 2.45) is 11.7 Å². The number of hydrogen-bond donors (Lipinski definition) is 2. The molecule has 28 heavy (non-hydrogen) atoms. The van der Waals surface area contributed by atoms with E-state index in [2.05, 4.69) is 10.2 Å². The first-order chi connectivity index (χ1) is 13.5. The number of carbonyl (C=O) groups excluding carboxylic acids is 2. The lowest BCUT2D eigenvalue weighted by Gasteiger charge is -2.35. The molecule has 1 aliphatic rings. The van der Waals surface area contributed by atoms with Gasteiger partial charge in [0, 0.05) is 12.1 Å². The Kier molecular flexibility index (Phi) is 6.66. The van der Waals surface area contributed by atoms with E-state index in [0.29, 0.717) is 18.1 Å². The quantitative estimate of drug-likeness (QED) is 0.770. The Morgan fingerprint density at radius 3 is 2.29 bits per heavy atom. The lowest BCUT2D eigenvalue weighted by Crippen LogP contribution is -2.46. The summed E-state index contributed by atoms with van der Waals surface area (Å²) in [6, 6.07) is 16.7. The lowest BCUT2D eigenvalue weighted by molar-refractivity contribution is -0.122. The van der Waals surface area contributed by atoms with Crippen LogP contribution in [0.2, 0.25) is 0 Å². The number of anilines is 1. The number of hydrogen-bond acceptors (Lipinski definition) is 4. The number of amides is 2. The highest BCUT2D eigenvalue weighted by molar-refractivity contribution is 5.94. The first kappa shape index (κ1) is 19.9. The second-order valence-electron chi connectivity index (χ2n) is 7.25. The summed E-state index contributed by atoms with van der Waals surface area (Å²) in [6.07, 6.45) is 2.23. The molecule has 6 nitrogen and oxygen atoms in total.